The second-order valence-corrected chi connectivity index (χ2v) is 7.94. The highest BCUT2D eigenvalue weighted by atomic mass is 16.5. The number of hydrogen-bond donors (Lipinski definition) is 1. The Morgan fingerprint density at radius 2 is 1.69 bits per heavy atom. The van der Waals surface area contributed by atoms with Crippen LogP contribution < -0.4 is 4.74 Å². The molecule has 0 saturated carbocycles. The van der Waals surface area contributed by atoms with Crippen LogP contribution in [-0.4, -0.2) is 24.3 Å². The first-order valence-corrected chi connectivity index (χ1v) is 11.8. The normalized spacial score (nSPS) is 12.6. The van der Waals surface area contributed by atoms with E-state index >= 15 is 0 Å². The molecule has 0 bridgehead atoms. The third-order valence-corrected chi connectivity index (χ3v) is 4.87. The molecule has 0 aliphatic carbocycles. The molecule has 0 aliphatic rings. The van der Waals surface area contributed by atoms with Gasteiger partial charge in [-0.2, -0.15) is 0 Å². The molecule has 0 aliphatic heterocycles. The van der Waals surface area contributed by atoms with Gasteiger partial charge in [-0.1, -0.05) is 81.4 Å². The quantitative estimate of drug-likeness (QED) is 0.132. The Balaban J connectivity index is 2.60. The van der Waals surface area contributed by atoms with Crippen LogP contribution in [0.2, 0.25) is 0 Å². The maximum Gasteiger partial charge on any atom is 0.330 e. The molecule has 32 heavy (non-hydrogen) atoms. The molecule has 0 heterocycles. The van der Waals surface area contributed by atoms with Crippen LogP contribution in [0.15, 0.2) is 59.7 Å². The minimum Gasteiger partial charge on any atom is -0.508 e. The van der Waals surface area contributed by atoms with Crippen molar-refractivity contribution >= 4 is 12.0 Å². The fraction of sp³-hybridized carbons (Fsp3) is 0.464. The van der Waals surface area contributed by atoms with Gasteiger partial charge < -0.3 is 14.6 Å². The number of esters is 1. The molecule has 176 valence electrons. The zero-order valence-corrected chi connectivity index (χ0v) is 20.2. The highest BCUT2D eigenvalue weighted by Gasteiger charge is 2.03. The summed E-state index contributed by atoms with van der Waals surface area (Å²) in [6, 6.07) is 5.19. The molecule has 1 aromatic carbocycles. The first-order chi connectivity index (χ1) is 15.5. The van der Waals surface area contributed by atoms with Gasteiger partial charge in [0.2, 0.25) is 0 Å². The predicted molar refractivity (Wildman–Crippen MR) is 134 cm³/mol. The van der Waals surface area contributed by atoms with Crippen molar-refractivity contribution in [3.8, 4) is 11.5 Å². The van der Waals surface area contributed by atoms with Gasteiger partial charge in [0.15, 0.2) is 0 Å². The zero-order valence-electron chi connectivity index (χ0n) is 20.2. The van der Waals surface area contributed by atoms with E-state index in [1.54, 1.807) is 19.1 Å². The van der Waals surface area contributed by atoms with Gasteiger partial charge in [0.1, 0.15) is 11.5 Å². The molecular weight excluding hydrogens is 400 g/mol. The van der Waals surface area contributed by atoms with Crippen molar-refractivity contribution in [2.45, 2.75) is 72.6 Å². The number of unbranched alkanes of at least 4 members (excludes halogenated alkanes) is 6. The summed E-state index contributed by atoms with van der Waals surface area (Å²) in [5.41, 5.74) is 2.71. The Kier molecular flexibility index (Phi) is 14.4. The fourth-order valence-corrected chi connectivity index (χ4v) is 3.09. The molecule has 0 aromatic heterocycles. The van der Waals surface area contributed by atoms with Gasteiger partial charge in [-0.25, -0.2) is 4.79 Å². The third kappa shape index (κ3) is 12.8. The van der Waals surface area contributed by atoms with Gasteiger partial charge in [-0.15, -0.1) is 0 Å². The van der Waals surface area contributed by atoms with Crippen LogP contribution >= 0.6 is 0 Å². The Morgan fingerprint density at radius 1 is 0.969 bits per heavy atom. The molecule has 0 spiro atoms. The highest BCUT2D eigenvalue weighted by molar-refractivity contribution is 5.83. The van der Waals surface area contributed by atoms with Crippen LogP contribution in [-0.2, 0) is 9.53 Å². The van der Waals surface area contributed by atoms with E-state index in [1.165, 1.54) is 44.6 Å². The number of carbonyl (C=O) groups excluding carboxylic acids is 1. The molecule has 1 aromatic rings. The number of phenols is 1. The molecule has 0 unspecified atom stereocenters. The molecule has 4 nitrogen and oxygen atoms in total. The smallest absolute Gasteiger partial charge is 0.330 e. The fourth-order valence-electron chi connectivity index (χ4n) is 3.09. The SMILES string of the molecule is CCCCCCCCCOc1ccc(O)cc1/C=C/C(C)=C/C=C/C(C)=C/C(=O)OCC. The average Bonchev–Trinajstić information content (AvgIpc) is 2.75. The first-order valence-electron chi connectivity index (χ1n) is 11.8. The summed E-state index contributed by atoms with van der Waals surface area (Å²) in [6.07, 6.45) is 19.8. The van der Waals surface area contributed by atoms with Crippen molar-refractivity contribution < 1.29 is 19.4 Å². The van der Waals surface area contributed by atoms with Crippen LogP contribution in [0.4, 0.5) is 0 Å². The molecule has 0 saturated heterocycles. The van der Waals surface area contributed by atoms with Crippen molar-refractivity contribution in [3.63, 3.8) is 0 Å². The summed E-state index contributed by atoms with van der Waals surface area (Å²) in [5, 5.41) is 9.87. The molecule has 0 radical (unpaired) electrons. The van der Waals surface area contributed by atoms with Crippen molar-refractivity contribution in [1.29, 1.82) is 0 Å². The van der Waals surface area contributed by atoms with Gasteiger partial charge in [0.25, 0.3) is 0 Å². The number of rotatable bonds is 15. The predicted octanol–water partition coefficient (Wildman–Crippen LogP) is 7.55. The van der Waals surface area contributed by atoms with E-state index in [2.05, 4.69) is 6.92 Å². The molecular formula is C28H40O4. The van der Waals surface area contributed by atoms with Gasteiger partial charge >= 0.3 is 5.97 Å². The Hall–Kier alpha value is -2.75. The number of ether oxygens (including phenoxy) is 2. The Labute approximate surface area is 194 Å². The Bertz CT molecular complexity index is 800. The second-order valence-electron chi connectivity index (χ2n) is 7.94. The number of hydrogen-bond acceptors (Lipinski definition) is 4. The highest BCUT2D eigenvalue weighted by Crippen LogP contribution is 2.25. The summed E-state index contributed by atoms with van der Waals surface area (Å²) in [7, 11) is 0. The van der Waals surface area contributed by atoms with Crippen LogP contribution in [0.3, 0.4) is 0 Å². The van der Waals surface area contributed by atoms with Crippen LogP contribution in [0.25, 0.3) is 6.08 Å². The second kappa shape index (κ2) is 16.9. The number of aromatic hydroxyl groups is 1. The minimum atomic E-state index is -0.330. The van der Waals surface area contributed by atoms with Crippen molar-refractivity contribution in [2.75, 3.05) is 13.2 Å². The van der Waals surface area contributed by atoms with Crippen LogP contribution in [0.1, 0.15) is 78.2 Å². The number of phenolic OH excluding ortho intramolecular Hbond substituents is 1. The molecule has 0 amide bonds. The zero-order chi connectivity index (χ0) is 23.6. The van der Waals surface area contributed by atoms with Crippen LogP contribution in [0.5, 0.6) is 11.5 Å². The Morgan fingerprint density at radius 3 is 2.41 bits per heavy atom. The van der Waals surface area contributed by atoms with Gasteiger partial charge in [0, 0.05) is 11.6 Å². The summed E-state index contributed by atoms with van der Waals surface area (Å²) in [4.78, 5) is 11.4. The molecule has 0 atom stereocenters. The van der Waals surface area contributed by atoms with Crippen molar-refractivity contribution in [3.05, 3.63) is 65.3 Å². The molecule has 0 fully saturated rings. The standard InChI is InChI=1S/C28H40O4/c1-5-7-8-9-10-11-12-20-32-27-19-18-26(29)22-25(27)17-16-23(3)14-13-15-24(4)21-28(30)31-6-2/h13-19,21-22,29H,5-12,20H2,1-4H3/b15-13+,17-16+,23-14+,24-21+. The van der Waals surface area contributed by atoms with Crippen LogP contribution in [0, 0.1) is 0 Å². The maximum atomic E-state index is 11.4. The lowest BCUT2D eigenvalue weighted by Gasteiger charge is -2.10. The summed E-state index contributed by atoms with van der Waals surface area (Å²) >= 11 is 0. The summed E-state index contributed by atoms with van der Waals surface area (Å²) in [6.45, 7) is 8.92. The number of benzene rings is 1. The summed E-state index contributed by atoms with van der Waals surface area (Å²) < 4.78 is 10.9. The van der Waals surface area contributed by atoms with Crippen molar-refractivity contribution in [1.82, 2.24) is 0 Å². The topological polar surface area (TPSA) is 55.8 Å². The first kappa shape index (κ1) is 27.3. The van der Waals surface area contributed by atoms with Crippen molar-refractivity contribution in [2.24, 2.45) is 0 Å². The molecule has 1 N–H and O–H groups in total. The van der Waals surface area contributed by atoms with E-state index in [0.29, 0.717) is 13.2 Å². The third-order valence-electron chi connectivity index (χ3n) is 4.87. The van der Waals surface area contributed by atoms with E-state index in [4.69, 9.17) is 9.47 Å². The largest absolute Gasteiger partial charge is 0.508 e. The molecule has 4 heteroatoms. The van der Waals surface area contributed by atoms with E-state index in [9.17, 15) is 9.90 Å². The lowest BCUT2D eigenvalue weighted by molar-refractivity contribution is -0.137. The summed E-state index contributed by atoms with van der Waals surface area (Å²) in [5.74, 6) is 0.666. The molecule has 1 rings (SSSR count). The minimum absolute atomic E-state index is 0.217. The monoisotopic (exact) mass is 440 g/mol. The van der Waals surface area contributed by atoms with E-state index in [0.717, 1.165) is 28.9 Å². The maximum absolute atomic E-state index is 11.4. The lowest BCUT2D eigenvalue weighted by Crippen LogP contribution is -1.99. The van der Waals surface area contributed by atoms with E-state index in [1.807, 2.05) is 50.3 Å². The van der Waals surface area contributed by atoms with E-state index in [-0.39, 0.29) is 11.7 Å². The van der Waals surface area contributed by atoms with Gasteiger partial charge in [0.05, 0.1) is 13.2 Å². The lowest BCUT2D eigenvalue weighted by atomic mass is 10.1. The number of allylic oxidation sites excluding steroid dienone is 6. The van der Waals surface area contributed by atoms with Gasteiger partial charge in [-0.3, -0.25) is 0 Å². The van der Waals surface area contributed by atoms with Gasteiger partial charge in [-0.05, 0) is 51.0 Å². The number of carbonyl (C=O) groups is 1. The average molecular weight is 441 g/mol. The van der Waals surface area contributed by atoms with E-state index < -0.39 is 0 Å².